The van der Waals surface area contributed by atoms with Crippen molar-refractivity contribution in [1.82, 2.24) is 0 Å². The predicted molar refractivity (Wildman–Crippen MR) is 59.1 cm³/mol. The third-order valence-electron chi connectivity index (χ3n) is 1.88. The highest BCUT2D eigenvalue weighted by Gasteiger charge is 2.03. The zero-order valence-electron chi connectivity index (χ0n) is 7.00. The van der Waals surface area contributed by atoms with Crippen molar-refractivity contribution in [2.24, 2.45) is 10.7 Å². The number of hydrogen-bond donors (Lipinski definition) is 1. The van der Waals surface area contributed by atoms with Crippen LogP contribution < -0.4 is 5.73 Å². The van der Waals surface area contributed by atoms with Gasteiger partial charge in [0.2, 0.25) is 0 Å². The van der Waals surface area contributed by atoms with Gasteiger partial charge in [0.05, 0.1) is 5.69 Å². The molecule has 0 fully saturated rings. The molecule has 0 radical (unpaired) electrons. The molecular formula is C10H9BrN2. The normalized spacial score (nSPS) is 14.7. The fourth-order valence-corrected chi connectivity index (χ4v) is 1.65. The Morgan fingerprint density at radius 1 is 1.38 bits per heavy atom. The Morgan fingerprint density at radius 3 is 3.08 bits per heavy atom. The van der Waals surface area contributed by atoms with Gasteiger partial charge in [-0.05, 0) is 18.2 Å². The third kappa shape index (κ3) is 1.80. The topological polar surface area (TPSA) is 38.4 Å². The zero-order chi connectivity index (χ0) is 9.26. The highest BCUT2D eigenvalue weighted by Crippen LogP contribution is 2.26. The van der Waals surface area contributed by atoms with E-state index in [9.17, 15) is 0 Å². The molecule has 2 nitrogen and oxygen atoms in total. The van der Waals surface area contributed by atoms with Gasteiger partial charge in [-0.1, -0.05) is 28.1 Å². The number of fused-ring (bicyclic) bond motifs is 1. The van der Waals surface area contributed by atoms with E-state index in [1.165, 1.54) is 0 Å². The standard InChI is InChI=1S/C10H9BrN2/c11-8-4-5-9-7(6-8)2-1-3-10(12)13-9/h1-2,4-6H,3H2,(H2,12,13). The third-order valence-corrected chi connectivity index (χ3v) is 2.37. The molecule has 2 N–H and O–H groups in total. The summed E-state index contributed by atoms with van der Waals surface area (Å²) in [6.45, 7) is 0. The first kappa shape index (κ1) is 8.51. The number of benzene rings is 1. The minimum Gasteiger partial charge on any atom is -0.387 e. The van der Waals surface area contributed by atoms with Crippen LogP contribution in [0.3, 0.4) is 0 Å². The average molecular weight is 237 g/mol. The molecular weight excluding hydrogens is 228 g/mol. The molecule has 1 aliphatic heterocycles. The Hall–Kier alpha value is -1.09. The quantitative estimate of drug-likeness (QED) is 0.740. The van der Waals surface area contributed by atoms with Crippen LogP contribution in [0.5, 0.6) is 0 Å². The van der Waals surface area contributed by atoms with Gasteiger partial charge in [-0.15, -0.1) is 0 Å². The molecule has 0 aromatic heterocycles. The SMILES string of the molecule is NC1=Nc2ccc(Br)cc2C=CC1. The Labute approximate surface area is 85.3 Å². The number of amidine groups is 1. The lowest BCUT2D eigenvalue weighted by atomic mass is 10.2. The lowest BCUT2D eigenvalue weighted by molar-refractivity contribution is 1.37. The van der Waals surface area contributed by atoms with Crippen molar-refractivity contribution in [2.75, 3.05) is 0 Å². The Morgan fingerprint density at radius 2 is 2.23 bits per heavy atom. The number of hydrogen-bond acceptors (Lipinski definition) is 2. The smallest absolute Gasteiger partial charge is 0.103 e. The van der Waals surface area contributed by atoms with Gasteiger partial charge in [-0.2, -0.15) is 0 Å². The summed E-state index contributed by atoms with van der Waals surface area (Å²) >= 11 is 3.42. The van der Waals surface area contributed by atoms with E-state index in [4.69, 9.17) is 5.73 Å². The number of rotatable bonds is 0. The van der Waals surface area contributed by atoms with Crippen LogP contribution in [0, 0.1) is 0 Å². The van der Waals surface area contributed by atoms with Crippen LogP contribution in [0.15, 0.2) is 33.7 Å². The van der Waals surface area contributed by atoms with Crippen LogP contribution in [0.1, 0.15) is 12.0 Å². The summed E-state index contributed by atoms with van der Waals surface area (Å²) in [6, 6.07) is 5.96. The van der Waals surface area contributed by atoms with E-state index in [1.807, 2.05) is 30.4 Å². The predicted octanol–water partition coefficient (Wildman–Crippen LogP) is 2.85. The second-order valence-electron chi connectivity index (χ2n) is 2.91. The summed E-state index contributed by atoms with van der Waals surface area (Å²) < 4.78 is 1.06. The molecule has 0 bridgehead atoms. The molecule has 1 aromatic rings. The van der Waals surface area contributed by atoms with Gasteiger partial charge in [-0.3, -0.25) is 0 Å². The second-order valence-corrected chi connectivity index (χ2v) is 3.83. The van der Waals surface area contributed by atoms with E-state index in [0.29, 0.717) is 5.84 Å². The molecule has 0 aliphatic carbocycles. The molecule has 66 valence electrons. The maximum absolute atomic E-state index is 5.67. The van der Waals surface area contributed by atoms with E-state index in [-0.39, 0.29) is 0 Å². The van der Waals surface area contributed by atoms with Crippen LogP contribution in [0.2, 0.25) is 0 Å². The second kappa shape index (κ2) is 3.34. The number of aliphatic imine (C=N–C) groups is 1. The summed E-state index contributed by atoms with van der Waals surface area (Å²) in [6.07, 6.45) is 4.80. The Kier molecular flexibility index (Phi) is 2.19. The summed E-state index contributed by atoms with van der Waals surface area (Å²) in [5.41, 5.74) is 7.72. The van der Waals surface area contributed by atoms with Gasteiger partial charge < -0.3 is 5.73 Å². The molecule has 1 aromatic carbocycles. The van der Waals surface area contributed by atoms with Gasteiger partial charge >= 0.3 is 0 Å². The summed E-state index contributed by atoms with van der Waals surface area (Å²) in [7, 11) is 0. The van der Waals surface area contributed by atoms with Crippen molar-refractivity contribution in [3.8, 4) is 0 Å². The highest BCUT2D eigenvalue weighted by atomic mass is 79.9. The number of nitrogens with two attached hydrogens (primary N) is 1. The molecule has 3 heteroatoms. The maximum Gasteiger partial charge on any atom is 0.103 e. The van der Waals surface area contributed by atoms with E-state index >= 15 is 0 Å². The Bertz CT molecular complexity index is 394. The van der Waals surface area contributed by atoms with Crippen molar-refractivity contribution < 1.29 is 0 Å². The molecule has 0 spiro atoms. The van der Waals surface area contributed by atoms with Crippen LogP contribution >= 0.6 is 15.9 Å². The molecule has 0 unspecified atom stereocenters. The minimum atomic E-state index is 0.664. The summed E-state index contributed by atoms with van der Waals surface area (Å²) in [5.74, 6) is 0.664. The van der Waals surface area contributed by atoms with Crippen molar-refractivity contribution >= 4 is 33.5 Å². The number of nitrogens with zero attached hydrogens (tertiary/aromatic N) is 1. The van der Waals surface area contributed by atoms with Crippen LogP contribution in [-0.4, -0.2) is 5.84 Å². The van der Waals surface area contributed by atoms with Crippen molar-refractivity contribution in [3.63, 3.8) is 0 Å². The largest absolute Gasteiger partial charge is 0.387 e. The molecule has 0 atom stereocenters. The van der Waals surface area contributed by atoms with Gasteiger partial charge in [-0.25, -0.2) is 4.99 Å². The molecule has 0 saturated carbocycles. The van der Waals surface area contributed by atoms with E-state index in [0.717, 1.165) is 22.1 Å². The molecule has 1 aliphatic rings. The minimum absolute atomic E-state index is 0.664. The van der Waals surface area contributed by atoms with Gasteiger partial charge in [0, 0.05) is 16.5 Å². The molecule has 0 saturated heterocycles. The van der Waals surface area contributed by atoms with Crippen LogP contribution in [0.25, 0.3) is 6.08 Å². The zero-order valence-corrected chi connectivity index (χ0v) is 8.58. The number of halogens is 1. The van der Waals surface area contributed by atoms with E-state index in [1.54, 1.807) is 0 Å². The first-order chi connectivity index (χ1) is 6.25. The molecule has 0 amide bonds. The summed E-state index contributed by atoms with van der Waals surface area (Å²) in [4.78, 5) is 4.29. The van der Waals surface area contributed by atoms with E-state index in [2.05, 4.69) is 20.9 Å². The summed E-state index contributed by atoms with van der Waals surface area (Å²) in [5, 5.41) is 0. The van der Waals surface area contributed by atoms with Crippen molar-refractivity contribution in [3.05, 3.63) is 34.3 Å². The first-order valence-corrected chi connectivity index (χ1v) is 4.84. The molecule has 1 heterocycles. The monoisotopic (exact) mass is 236 g/mol. The van der Waals surface area contributed by atoms with Crippen LogP contribution in [-0.2, 0) is 0 Å². The lowest BCUT2D eigenvalue weighted by Gasteiger charge is -1.99. The molecule has 2 rings (SSSR count). The van der Waals surface area contributed by atoms with Gasteiger partial charge in [0.15, 0.2) is 0 Å². The molecule has 13 heavy (non-hydrogen) atoms. The highest BCUT2D eigenvalue weighted by molar-refractivity contribution is 9.10. The fourth-order valence-electron chi connectivity index (χ4n) is 1.27. The van der Waals surface area contributed by atoms with Crippen molar-refractivity contribution in [1.29, 1.82) is 0 Å². The van der Waals surface area contributed by atoms with Crippen molar-refractivity contribution in [2.45, 2.75) is 6.42 Å². The average Bonchev–Trinajstić information content (AvgIpc) is 2.25. The maximum atomic E-state index is 5.67. The fraction of sp³-hybridized carbons (Fsp3) is 0.100. The van der Waals surface area contributed by atoms with Crippen LogP contribution in [0.4, 0.5) is 5.69 Å². The van der Waals surface area contributed by atoms with Gasteiger partial charge in [0.1, 0.15) is 5.84 Å². The van der Waals surface area contributed by atoms with E-state index < -0.39 is 0 Å². The first-order valence-electron chi connectivity index (χ1n) is 4.05. The lowest BCUT2D eigenvalue weighted by Crippen LogP contribution is -2.08. The van der Waals surface area contributed by atoms with Gasteiger partial charge in [0.25, 0.3) is 0 Å². The Balaban J connectivity index is 2.58.